The quantitative estimate of drug-likeness (QED) is 0.429. The van der Waals surface area contributed by atoms with Crippen molar-refractivity contribution in [1.29, 1.82) is 0 Å². The molecule has 2 aliphatic heterocycles. The first-order valence-electron chi connectivity index (χ1n) is 11.1. The molecule has 0 aromatic heterocycles. The summed E-state index contributed by atoms with van der Waals surface area (Å²) >= 11 is 6.70. The van der Waals surface area contributed by atoms with Gasteiger partial charge in [0.25, 0.3) is 5.91 Å². The molecule has 0 unspecified atom stereocenters. The van der Waals surface area contributed by atoms with E-state index in [9.17, 15) is 14.4 Å². The van der Waals surface area contributed by atoms with Gasteiger partial charge in [0.15, 0.2) is 0 Å². The van der Waals surface area contributed by atoms with Gasteiger partial charge in [0.05, 0.1) is 11.5 Å². The molecule has 9 heteroatoms. The summed E-state index contributed by atoms with van der Waals surface area (Å²) in [6.07, 6.45) is 4.42. The zero-order valence-corrected chi connectivity index (χ0v) is 20.6. The number of nitrogens with zero attached hydrogens (tertiary/aromatic N) is 3. The lowest BCUT2D eigenvalue weighted by Gasteiger charge is -2.34. The normalized spacial score (nSPS) is 18.3. The second kappa shape index (κ2) is 12.0. The molecule has 2 aliphatic rings. The fourth-order valence-corrected chi connectivity index (χ4v) is 5.01. The SMILES string of the molecule is CCOC(=O)N1CCN(C(=O)CCCN2C(=O)C(=CC(C)=Cc3ccccc3)SC2=S)CC1. The maximum absolute atomic E-state index is 12.8. The van der Waals surface area contributed by atoms with Gasteiger partial charge in [0.2, 0.25) is 5.91 Å². The Kier molecular flexibility index (Phi) is 9.08. The summed E-state index contributed by atoms with van der Waals surface area (Å²) in [5.41, 5.74) is 2.04. The molecule has 176 valence electrons. The van der Waals surface area contributed by atoms with Gasteiger partial charge in [0, 0.05) is 39.1 Å². The molecular weight excluding hydrogens is 458 g/mol. The maximum Gasteiger partial charge on any atom is 0.409 e. The molecule has 0 N–H and O–H groups in total. The largest absolute Gasteiger partial charge is 0.450 e. The monoisotopic (exact) mass is 487 g/mol. The van der Waals surface area contributed by atoms with Crippen molar-refractivity contribution in [3.05, 3.63) is 52.4 Å². The van der Waals surface area contributed by atoms with Crippen LogP contribution < -0.4 is 0 Å². The molecule has 2 saturated heterocycles. The third-order valence-electron chi connectivity index (χ3n) is 5.36. The van der Waals surface area contributed by atoms with Gasteiger partial charge in [-0.15, -0.1) is 0 Å². The Morgan fingerprint density at radius 2 is 1.79 bits per heavy atom. The van der Waals surface area contributed by atoms with Crippen molar-refractivity contribution in [3.8, 4) is 0 Å². The van der Waals surface area contributed by atoms with Crippen molar-refractivity contribution in [1.82, 2.24) is 14.7 Å². The van der Waals surface area contributed by atoms with Crippen LogP contribution in [0.5, 0.6) is 0 Å². The van der Waals surface area contributed by atoms with Gasteiger partial charge in [-0.05, 0) is 37.5 Å². The Morgan fingerprint density at radius 1 is 1.12 bits per heavy atom. The van der Waals surface area contributed by atoms with Gasteiger partial charge in [-0.1, -0.05) is 60.4 Å². The van der Waals surface area contributed by atoms with Crippen LogP contribution in [0, 0.1) is 0 Å². The standard InChI is InChI=1S/C24H29N3O4S2/c1-3-31-23(30)26-14-12-25(13-15-26)21(28)10-7-11-27-22(29)20(33-24(27)32)17-18(2)16-19-8-5-4-6-9-19/h4-6,8-9,16-17H,3,7,10-15H2,1-2H3. The van der Waals surface area contributed by atoms with E-state index >= 15 is 0 Å². The van der Waals surface area contributed by atoms with Crippen LogP contribution in [0.4, 0.5) is 4.79 Å². The van der Waals surface area contributed by atoms with Crippen LogP contribution in [-0.4, -0.2) is 76.3 Å². The number of benzene rings is 1. The lowest BCUT2D eigenvalue weighted by molar-refractivity contribution is -0.133. The molecule has 3 amide bonds. The minimum atomic E-state index is -0.333. The highest BCUT2D eigenvalue weighted by Gasteiger charge is 2.32. The molecule has 2 fully saturated rings. The summed E-state index contributed by atoms with van der Waals surface area (Å²) in [7, 11) is 0. The number of amides is 3. The van der Waals surface area contributed by atoms with Crippen LogP contribution in [0.2, 0.25) is 0 Å². The van der Waals surface area contributed by atoms with Crippen molar-refractivity contribution in [2.45, 2.75) is 26.7 Å². The first-order chi connectivity index (χ1) is 15.9. The van der Waals surface area contributed by atoms with Crippen molar-refractivity contribution in [2.75, 3.05) is 39.3 Å². The lowest BCUT2D eigenvalue weighted by Crippen LogP contribution is -2.50. The first-order valence-corrected chi connectivity index (χ1v) is 12.3. The first kappa shape index (κ1) is 25.0. The molecule has 1 aromatic carbocycles. The second-order valence-corrected chi connectivity index (χ2v) is 9.48. The molecule has 0 aliphatic carbocycles. The van der Waals surface area contributed by atoms with Crippen LogP contribution in [0.3, 0.4) is 0 Å². The van der Waals surface area contributed by atoms with Gasteiger partial charge in [0.1, 0.15) is 4.32 Å². The Hall–Kier alpha value is -2.65. The predicted molar refractivity (Wildman–Crippen MR) is 134 cm³/mol. The fourth-order valence-electron chi connectivity index (χ4n) is 3.65. The molecule has 1 aromatic rings. The number of rotatable bonds is 7. The number of carbonyl (C=O) groups is 3. The van der Waals surface area contributed by atoms with Crippen molar-refractivity contribution in [3.63, 3.8) is 0 Å². The highest BCUT2D eigenvalue weighted by molar-refractivity contribution is 8.26. The van der Waals surface area contributed by atoms with Crippen LogP contribution >= 0.6 is 24.0 Å². The van der Waals surface area contributed by atoms with Crippen LogP contribution in [0.15, 0.2) is 46.9 Å². The minimum Gasteiger partial charge on any atom is -0.450 e. The van der Waals surface area contributed by atoms with Gasteiger partial charge < -0.3 is 14.5 Å². The average molecular weight is 488 g/mol. The average Bonchev–Trinajstić information content (AvgIpc) is 3.07. The molecule has 2 heterocycles. The highest BCUT2D eigenvalue weighted by atomic mass is 32.2. The van der Waals surface area contributed by atoms with Gasteiger partial charge in [-0.3, -0.25) is 14.5 Å². The maximum atomic E-state index is 12.8. The third kappa shape index (κ3) is 6.91. The number of hydrogen-bond donors (Lipinski definition) is 0. The van der Waals surface area contributed by atoms with Crippen LogP contribution in [0.25, 0.3) is 6.08 Å². The smallest absolute Gasteiger partial charge is 0.409 e. The minimum absolute atomic E-state index is 0.0288. The molecule has 3 rings (SSSR count). The van der Waals surface area contributed by atoms with Crippen molar-refractivity contribution in [2.24, 2.45) is 0 Å². The molecule has 0 atom stereocenters. The highest BCUT2D eigenvalue weighted by Crippen LogP contribution is 2.32. The van der Waals surface area contributed by atoms with E-state index in [0.29, 0.717) is 61.4 Å². The molecule has 7 nitrogen and oxygen atoms in total. The van der Waals surface area contributed by atoms with E-state index < -0.39 is 0 Å². The summed E-state index contributed by atoms with van der Waals surface area (Å²) < 4.78 is 5.53. The van der Waals surface area contributed by atoms with E-state index in [1.165, 1.54) is 11.8 Å². The topological polar surface area (TPSA) is 70.2 Å². The Bertz CT molecular complexity index is 954. The van der Waals surface area contributed by atoms with E-state index in [2.05, 4.69) is 0 Å². The fraction of sp³-hybridized carbons (Fsp3) is 0.417. The van der Waals surface area contributed by atoms with Gasteiger partial charge in [-0.2, -0.15) is 0 Å². The van der Waals surface area contributed by atoms with Crippen molar-refractivity contribution < 1.29 is 19.1 Å². The predicted octanol–water partition coefficient (Wildman–Crippen LogP) is 3.92. The number of thioether (sulfide) groups is 1. The van der Waals surface area contributed by atoms with Crippen LogP contribution in [0.1, 0.15) is 32.3 Å². The summed E-state index contributed by atoms with van der Waals surface area (Å²) in [5, 5.41) is 0. The van der Waals surface area contributed by atoms with Crippen molar-refractivity contribution >= 4 is 52.3 Å². The number of ether oxygens (including phenoxy) is 1. The number of piperazine rings is 1. The Balaban J connectivity index is 1.46. The molecule has 0 bridgehead atoms. The second-order valence-electron chi connectivity index (χ2n) is 7.80. The lowest BCUT2D eigenvalue weighted by atomic mass is 10.1. The Labute approximate surface area is 204 Å². The zero-order chi connectivity index (χ0) is 23.8. The molecule has 0 radical (unpaired) electrons. The van der Waals surface area contributed by atoms with E-state index in [0.717, 1.165) is 11.1 Å². The van der Waals surface area contributed by atoms with E-state index in [4.69, 9.17) is 17.0 Å². The van der Waals surface area contributed by atoms with E-state index in [-0.39, 0.29) is 17.9 Å². The van der Waals surface area contributed by atoms with E-state index in [1.807, 2.05) is 49.4 Å². The van der Waals surface area contributed by atoms with Gasteiger partial charge >= 0.3 is 6.09 Å². The number of allylic oxidation sites excluding steroid dienone is 2. The molecule has 0 saturated carbocycles. The Morgan fingerprint density at radius 3 is 2.45 bits per heavy atom. The third-order valence-corrected chi connectivity index (χ3v) is 6.73. The number of carbonyl (C=O) groups excluding carboxylic acids is 3. The number of thiocarbonyl (C=S) groups is 1. The number of hydrogen-bond acceptors (Lipinski definition) is 6. The summed E-state index contributed by atoms with van der Waals surface area (Å²) in [4.78, 5) is 42.7. The van der Waals surface area contributed by atoms with Crippen LogP contribution in [-0.2, 0) is 14.3 Å². The summed E-state index contributed by atoms with van der Waals surface area (Å²) in [6.45, 7) is 6.42. The summed E-state index contributed by atoms with van der Waals surface area (Å²) in [5.74, 6) is -0.0811. The zero-order valence-electron chi connectivity index (χ0n) is 19.0. The van der Waals surface area contributed by atoms with E-state index in [1.54, 1.807) is 21.6 Å². The molecule has 33 heavy (non-hydrogen) atoms. The summed E-state index contributed by atoms with van der Waals surface area (Å²) in [6, 6.07) is 9.93. The molecule has 0 spiro atoms. The molecular formula is C24H29N3O4S2. The van der Waals surface area contributed by atoms with Gasteiger partial charge in [-0.25, -0.2) is 4.79 Å².